The Kier molecular flexibility index (Phi) is 7.64. The summed E-state index contributed by atoms with van der Waals surface area (Å²) in [5.41, 5.74) is -1.16. The number of carbonyl (C=O) groups excluding carboxylic acids is 1. The van der Waals surface area contributed by atoms with Gasteiger partial charge in [-0.2, -0.15) is 17.5 Å². The number of amides is 1. The molecule has 0 spiro atoms. The zero-order valence-electron chi connectivity index (χ0n) is 17.7. The van der Waals surface area contributed by atoms with E-state index in [0.29, 0.717) is 0 Å². The maximum Gasteiger partial charge on any atom is 0.417 e. The molecule has 1 aromatic carbocycles. The fraction of sp³-hybridized carbons (Fsp3) is 0.667. The van der Waals surface area contributed by atoms with Crippen LogP contribution in [0.15, 0.2) is 29.2 Å². The molecule has 1 aromatic rings. The number of nitrogens with one attached hydrogen (secondary N) is 1. The standard InChI is InChI=1S/C21H30F3N3O3S/c1-16(20(28)25-17-8-4-2-3-5-9-17)26-12-14-27(15-13-26)31(29,30)19-11-7-6-10-18(19)21(22,23)24/h6-7,10-11,16-17H,2-5,8-9,12-15H2,1H3,(H,25,28)/t16-/m0/s1. The number of piperazine rings is 1. The summed E-state index contributed by atoms with van der Waals surface area (Å²) in [6.45, 7) is 2.43. The van der Waals surface area contributed by atoms with Crippen LogP contribution >= 0.6 is 0 Å². The lowest BCUT2D eigenvalue weighted by Gasteiger charge is -2.37. The van der Waals surface area contributed by atoms with Gasteiger partial charge in [-0.05, 0) is 31.9 Å². The van der Waals surface area contributed by atoms with Crippen LogP contribution in [0.25, 0.3) is 0 Å². The first kappa shape index (κ1) is 24.0. The summed E-state index contributed by atoms with van der Waals surface area (Å²) in [4.78, 5) is 13.8. The Balaban J connectivity index is 1.62. The number of rotatable bonds is 5. The first-order valence-electron chi connectivity index (χ1n) is 10.8. The van der Waals surface area contributed by atoms with Crippen molar-refractivity contribution in [2.45, 2.75) is 68.6 Å². The average molecular weight is 462 g/mol. The second kappa shape index (κ2) is 9.87. The van der Waals surface area contributed by atoms with Gasteiger partial charge in [0.1, 0.15) is 0 Å². The van der Waals surface area contributed by atoms with E-state index in [2.05, 4.69) is 5.32 Å². The molecular weight excluding hydrogens is 431 g/mol. The van der Waals surface area contributed by atoms with E-state index < -0.39 is 32.7 Å². The second-order valence-electron chi connectivity index (χ2n) is 8.31. The van der Waals surface area contributed by atoms with Crippen LogP contribution < -0.4 is 5.32 Å². The molecule has 1 saturated carbocycles. The van der Waals surface area contributed by atoms with Gasteiger partial charge in [0.15, 0.2) is 0 Å². The van der Waals surface area contributed by atoms with Gasteiger partial charge in [-0.3, -0.25) is 9.69 Å². The van der Waals surface area contributed by atoms with Crippen LogP contribution in [0.4, 0.5) is 13.2 Å². The largest absolute Gasteiger partial charge is 0.417 e. The summed E-state index contributed by atoms with van der Waals surface area (Å²) in [6.07, 6.45) is 1.79. The lowest BCUT2D eigenvalue weighted by atomic mass is 10.1. The molecule has 174 valence electrons. The fourth-order valence-corrected chi connectivity index (χ4v) is 5.94. The van der Waals surface area contributed by atoms with Gasteiger partial charge < -0.3 is 5.32 Å². The van der Waals surface area contributed by atoms with E-state index in [1.54, 1.807) is 6.92 Å². The van der Waals surface area contributed by atoms with Crippen molar-refractivity contribution in [1.82, 2.24) is 14.5 Å². The molecule has 1 atom stereocenters. The Morgan fingerprint density at radius 3 is 2.19 bits per heavy atom. The summed E-state index contributed by atoms with van der Waals surface area (Å²) in [5.74, 6) is -0.0781. The smallest absolute Gasteiger partial charge is 0.352 e. The third kappa shape index (κ3) is 5.78. The quantitative estimate of drug-likeness (QED) is 0.684. The van der Waals surface area contributed by atoms with Crippen molar-refractivity contribution in [3.8, 4) is 0 Å². The molecular formula is C21H30F3N3O3S. The number of halogens is 3. The molecule has 6 nitrogen and oxygen atoms in total. The Bertz CT molecular complexity index is 860. The van der Waals surface area contributed by atoms with Crippen LogP contribution in [-0.2, 0) is 21.0 Å². The number of nitrogens with zero attached hydrogens (tertiary/aromatic N) is 2. The molecule has 10 heteroatoms. The van der Waals surface area contributed by atoms with Gasteiger partial charge in [0, 0.05) is 32.2 Å². The predicted molar refractivity (Wildman–Crippen MR) is 111 cm³/mol. The van der Waals surface area contributed by atoms with E-state index in [1.807, 2.05) is 4.90 Å². The van der Waals surface area contributed by atoms with Crippen molar-refractivity contribution in [3.63, 3.8) is 0 Å². The summed E-state index contributed by atoms with van der Waals surface area (Å²) >= 11 is 0. The SMILES string of the molecule is C[C@@H](C(=O)NC1CCCCCC1)N1CCN(S(=O)(=O)c2ccccc2C(F)(F)F)CC1. The summed E-state index contributed by atoms with van der Waals surface area (Å²) in [6, 6.07) is 4.00. The van der Waals surface area contributed by atoms with Crippen LogP contribution in [0, 0.1) is 0 Å². The van der Waals surface area contributed by atoms with Gasteiger partial charge in [-0.15, -0.1) is 0 Å². The Hall–Kier alpha value is -1.65. The number of benzene rings is 1. The number of carbonyl (C=O) groups is 1. The van der Waals surface area contributed by atoms with Crippen LogP contribution in [0.2, 0.25) is 0 Å². The maximum absolute atomic E-state index is 13.3. The Labute approximate surface area is 181 Å². The molecule has 31 heavy (non-hydrogen) atoms. The summed E-state index contributed by atoms with van der Waals surface area (Å²) in [7, 11) is -4.29. The highest BCUT2D eigenvalue weighted by Gasteiger charge is 2.40. The molecule has 0 radical (unpaired) electrons. The zero-order valence-corrected chi connectivity index (χ0v) is 18.5. The highest BCUT2D eigenvalue weighted by Crippen LogP contribution is 2.35. The highest BCUT2D eigenvalue weighted by molar-refractivity contribution is 7.89. The molecule has 2 fully saturated rings. The van der Waals surface area contributed by atoms with Crippen LogP contribution in [0.1, 0.15) is 51.0 Å². The van der Waals surface area contributed by atoms with E-state index in [-0.39, 0.29) is 38.1 Å². The van der Waals surface area contributed by atoms with Gasteiger partial charge in [0.2, 0.25) is 15.9 Å². The first-order chi connectivity index (χ1) is 14.6. The molecule has 0 aromatic heterocycles. The Morgan fingerprint density at radius 2 is 1.61 bits per heavy atom. The molecule has 0 unspecified atom stereocenters. The van der Waals surface area contributed by atoms with E-state index in [4.69, 9.17) is 0 Å². The molecule has 1 saturated heterocycles. The third-order valence-corrected chi connectivity index (χ3v) is 8.17. The van der Waals surface area contributed by atoms with E-state index >= 15 is 0 Å². The molecule has 0 bridgehead atoms. The van der Waals surface area contributed by atoms with E-state index in [0.717, 1.165) is 42.1 Å². The first-order valence-corrected chi connectivity index (χ1v) is 12.3. The fourth-order valence-electron chi connectivity index (χ4n) is 4.31. The molecule has 3 rings (SSSR count). The number of sulfonamides is 1. The molecule has 2 aliphatic rings. The van der Waals surface area contributed by atoms with Gasteiger partial charge in [0.05, 0.1) is 16.5 Å². The summed E-state index contributed by atoms with van der Waals surface area (Å²) in [5, 5.41) is 3.11. The monoisotopic (exact) mass is 461 g/mol. The van der Waals surface area contributed by atoms with E-state index in [9.17, 15) is 26.4 Å². The van der Waals surface area contributed by atoms with Gasteiger partial charge in [0.25, 0.3) is 0 Å². The number of hydrogen-bond donors (Lipinski definition) is 1. The Morgan fingerprint density at radius 1 is 1.03 bits per heavy atom. The number of alkyl halides is 3. The average Bonchev–Trinajstić information content (AvgIpc) is 3.01. The van der Waals surface area contributed by atoms with Crippen molar-refractivity contribution < 1.29 is 26.4 Å². The van der Waals surface area contributed by atoms with Crippen molar-refractivity contribution in [2.24, 2.45) is 0 Å². The summed E-state index contributed by atoms with van der Waals surface area (Å²) < 4.78 is 66.7. The molecule has 1 N–H and O–H groups in total. The van der Waals surface area contributed by atoms with Crippen molar-refractivity contribution in [1.29, 1.82) is 0 Å². The number of hydrogen-bond acceptors (Lipinski definition) is 4. The lowest BCUT2D eigenvalue weighted by Crippen LogP contribution is -2.55. The van der Waals surface area contributed by atoms with E-state index in [1.165, 1.54) is 25.0 Å². The third-order valence-electron chi connectivity index (χ3n) is 6.21. The normalized spacial score (nSPS) is 21.4. The molecule has 1 aliphatic carbocycles. The molecule has 1 aliphatic heterocycles. The minimum Gasteiger partial charge on any atom is -0.352 e. The van der Waals surface area contributed by atoms with Crippen molar-refractivity contribution in [2.75, 3.05) is 26.2 Å². The van der Waals surface area contributed by atoms with Gasteiger partial charge in [-0.25, -0.2) is 8.42 Å². The highest BCUT2D eigenvalue weighted by atomic mass is 32.2. The topological polar surface area (TPSA) is 69.7 Å². The zero-order chi connectivity index (χ0) is 22.6. The van der Waals surface area contributed by atoms with Crippen LogP contribution in [0.5, 0.6) is 0 Å². The van der Waals surface area contributed by atoms with Gasteiger partial charge >= 0.3 is 6.18 Å². The maximum atomic E-state index is 13.3. The van der Waals surface area contributed by atoms with Gasteiger partial charge in [-0.1, -0.05) is 37.8 Å². The predicted octanol–water partition coefficient (Wildman–Crippen LogP) is 3.24. The minimum absolute atomic E-state index is 0.0373. The second-order valence-corrected chi connectivity index (χ2v) is 10.2. The molecule has 1 heterocycles. The van der Waals surface area contributed by atoms with Crippen LogP contribution in [0.3, 0.4) is 0 Å². The van der Waals surface area contributed by atoms with Crippen molar-refractivity contribution in [3.05, 3.63) is 29.8 Å². The lowest BCUT2D eigenvalue weighted by molar-refractivity contribution is -0.140. The molecule has 1 amide bonds. The minimum atomic E-state index is -4.75. The van der Waals surface area contributed by atoms with Crippen molar-refractivity contribution >= 4 is 15.9 Å². The van der Waals surface area contributed by atoms with Crippen LogP contribution in [-0.4, -0.2) is 61.8 Å².